The van der Waals surface area contributed by atoms with Gasteiger partial charge in [-0.3, -0.25) is 4.79 Å². The summed E-state index contributed by atoms with van der Waals surface area (Å²) in [5.41, 5.74) is 4.97. The standard InChI is InChI=1S/C17H21N3O/c1-11-8-12(2)16(13(3)9-11)17-18-6-7-20(17)10-14-4-5-15(21)19-14/h6-9,14H,4-5,10H2,1-3H3,(H,19,21). The van der Waals surface area contributed by atoms with Crippen LogP contribution in [0.5, 0.6) is 0 Å². The maximum absolute atomic E-state index is 11.3. The monoisotopic (exact) mass is 283 g/mol. The molecule has 1 saturated heterocycles. The van der Waals surface area contributed by atoms with E-state index in [1.165, 1.54) is 22.3 Å². The van der Waals surface area contributed by atoms with Crippen LogP contribution in [0.2, 0.25) is 0 Å². The highest BCUT2D eigenvalue weighted by molar-refractivity contribution is 5.78. The molecule has 1 amide bonds. The van der Waals surface area contributed by atoms with Gasteiger partial charge in [0, 0.05) is 37.0 Å². The molecule has 0 radical (unpaired) electrons. The van der Waals surface area contributed by atoms with Gasteiger partial charge in [-0.2, -0.15) is 0 Å². The Morgan fingerprint density at radius 1 is 1.29 bits per heavy atom. The third kappa shape index (κ3) is 2.71. The second kappa shape index (κ2) is 5.35. The van der Waals surface area contributed by atoms with Gasteiger partial charge in [0.1, 0.15) is 5.82 Å². The number of imidazole rings is 1. The zero-order valence-corrected chi connectivity index (χ0v) is 12.8. The van der Waals surface area contributed by atoms with Crippen molar-refractivity contribution in [3.8, 4) is 11.4 Å². The number of carbonyl (C=O) groups excluding carboxylic acids is 1. The third-order valence-corrected chi connectivity index (χ3v) is 4.12. The summed E-state index contributed by atoms with van der Waals surface area (Å²) in [7, 11) is 0. The van der Waals surface area contributed by atoms with Crippen LogP contribution in [-0.2, 0) is 11.3 Å². The Kier molecular flexibility index (Phi) is 3.53. The van der Waals surface area contributed by atoms with Gasteiger partial charge in [-0.25, -0.2) is 4.98 Å². The van der Waals surface area contributed by atoms with Crippen LogP contribution in [0.3, 0.4) is 0 Å². The first-order valence-corrected chi connectivity index (χ1v) is 7.43. The molecule has 0 saturated carbocycles. The topological polar surface area (TPSA) is 46.9 Å². The van der Waals surface area contributed by atoms with Crippen molar-refractivity contribution >= 4 is 5.91 Å². The van der Waals surface area contributed by atoms with E-state index in [0.29, 0.717) is 6.42 Å². The van der Waals surface area contributed by atoms with Crippen LogP contribution in [0.25, 0.3) is 11.4 Å². The van der Waals surface area contributed by atoms with Crippen LogP contribution < -0.4 is 5.32 Å². The molecule has 1 aromatic carbocycles. The van der Waals surface area contributed by atoms with Gasteiger partial charge in [0.15, 0.2) is 0 Å². The first kappa shape index (κ1) is 13.9. The fraction of sp³-hybridized carbons (Fsp3) is 0.412. The van der Waals surface area contributed by atoms with Crippen molar-refractivity contribution in [2.75, 3.05) is 0 Å². The van der Waals surface area contributed by atoms with Gasteiger partial charge in [0.05, 0.1) is 0 Å². The predicted octanol–water partition coefficient (Wildman–Crippen LogP) is 2.75. The molecule has 1 aliphatic rings. The molecule has 4 nitrogen and oxygen atoms in total. The van der Waals surface area contributed by atoms with Crippen molar-refractivity contribution in [3.63, 3.8) is 0 Å². The number of aromatic nitrogens is 2. The average Bonchev–Trinajstić information content (AvgIpc) is 2.99. The lowest BCUT2D eigenvalue weighted by Gasteiger charge is -2.16. The molecule has 2 heterocycles. The predicted molar refractivity (Wildman–Crippen MR) is 83.0 cm³/mol. The Morgan fingerprint density at radius 2 is 2.00 bits per heavy atom. The van der Waals surface area contributed by atoms with E-state index in [9.17, 15) is 4.79 Å². The minimum Gasteiger partial charge on any atom is -0.352 e. The SMILES string of the molecule is Cc1cc(C)c(-c2nccn2CC2CCC(=O)N2)c(C)c1. The van der Waals surface area contributed by atoms with E-state index in [2.05, 4.69) is 47.8 Å². The summed E-state index contributed by atoms with van der Waals surface area (Å²) >= 11 is 0. The Labute approximate surface area is 125 Å². The molecule has 0 aliphatic carbocycles. The maximum atomic E-state index is 11.3. The van der Waals surface area contributed by atoms with Crippen LogP contribution >= 0.6 is 0 Å². The van der Waals surface area contributed by atoms with Gasteiger partial charge in [-0.05, 0) is 38.3 Å². The zero-order chi connectivity index (χ0) is 15.0. The molecule has 1 fully saturated rings. The number of benzene rings is 1. The summed E-state index contributed by atoms with van der Waals surface area (Å²) in [6.07, 6.45) is 5.38. The quantitative estimate of drug-likeness (QED) is 0.941. The zero-order valence-electron chi connectivity index (χ0n) is 12.8. The molecule has 0 spiro atoms. The van der Waals surface area contributed by atoms with E-state index in [1.807, 2.05) is 12.4 Å². The van der Waals surface area contributed by atoms with Crippen molar-refractivity contribution in [2.45, 2.75) is 46.2 Å². The summed E-state index contributed by atoms with van der Waals surface area (Å²) in [6.45, 7) is 7.16. The van der Waals surface area contributed by atoms with Crippen LogP contribution in [0.1, 0.15) is 29.5 Å². The molecule has 21 heavy (non-hydrogen) atoms. The molecule has 2 aromatic rings. The molecule has 1 aromatic heterocycles. The van der Waals surface area contributed by atoms with Crippen molar-refractivity contribution in [2.24, 2.45) is 0 Å². The van der Waals surface area contributed by atoms with E-state index in [4.69, 9.17) is 0 Å². The molecule has 110 valence electrons. The van der Waals surface area contributed by atoms with Crippen LogP contribution in [0.4, 0.5) is 0 Å². The largest absolute Gasteiger partial charge is 0.352 e. The Hall–Kier alpha value is -2.10. The van der Waals surface area contributed by atoms with E-state index in [1.54, 1.807) is 0 Å². The van der Waals surface area contributed by atoms with Gasteiger partial charge < -0.3 is 9.88 Å². The highest BCUT2D eigenvalue weighted by Crippen LogP contribution is 2.27. The lowest BCUT2D eigenvalue weighted by molar-refractivity contribution is -0.119. The second-order valence-electron chi connectivity index (χ2n) is 5.98. The van der Waals surface area contributed by atoms with Crippen LogP contribution in [0.15, 0.2) is 24.5 Å². The van der Waals surface area contributed by atoms with Crippen molar-refractivity contribution < 1.29 is 4.79 Å². The minimum absolute atomic E-state index is 0.157. The highest BCUT2D eigenvalue weighted by atomic mass is 16.1. The maximum Gasteiger partial charge on any atom is 0.220 e. The number of carbonyl (C=O) groups is 1. The lowest BCUT2D eigenvalue weighted by atomic mass is 9.99. The number of hydrogen-bond acceptors (Lipinski definition) is 2. The van der Waals surface area contributed by atoms with Gasteiger partial charge in [0.2, 0.25) is 5.91 Å². The molecular weight excluding hydrogens is 262 g/mol. The van der Waals surface area contributed by atoms with Gasteiger partial charge in [0.25, 0.3) is 0 Å². The molecular formula is C17H21N3O. The number of amides is 1. The molecule has 4 heteroatoms. The number of rotatable bonds is 3. The van der Waals surface area contributed by atoms with Crippen molar-refractivity contribution in [1.29, 1.82) is 0 Å². The van der Waals surface area contributed by atoms with Crippen LogP contribution in [-0.4, -0.2) is 21.5 Å². The Balaban J connectivity index is 1.94. The normalized spacial score (nSPS) is 18.0. The molecule has 3 rings (SSSR count). The van der Waals surface area contributed by atoms with E-state index in [0.717, 1.165) is 18.8 Å². The second-order valence-corrected chi connectivity index (χ2v) is 5.98. The summed E-state index contributed by atoms with van der Waals surface area (Å²) in [5.74, 6) is 1.15. The van der Waals surface area contributed by atoms with Crippen LogP contribution in [0, 0.1) is 20.8 Å². The average molecular weight is 283 g/mol. The first-order valence-electron chi connectivity index (χ1n) is 7.43. The van der Waals surface area contributed by atoms with Crippen molar-refractivity contribution in [1.82, 2.24) is 14.9 Å². The number of nitrogens with one attached hydrogen (secondary N) is 1. The highest BCUT2D eigenvalue weighted by Gasteiger charge is 2.22. The Bertz CT molecular complexity index is 664. The molecule has 1 atom stereocenters. The minimum atomic E-state index is 0.157. The molecule has 1 aliphatic heterocycles. The fourth-order valence-electron chi connectivity index (χ4n) is 3.27. The number of aryl methyl sites for hydroxylation is 3. The first-order chi connectivity index (χ1) is 10.0. The van der Waals surface area contributed by atoms with Crippen molar-refractivity contribution in [3.05, 3.63) is 41.2 Å². The summed E-state index contributed by atoms with van der Waals surface area (Å²) < 4.78 is 2.15. The molecule has 1 unspecified atom stereocenters. The smallest absolute Gasteiger partial charge is 0.220 e. The van der Waals surface area contributed by atoms with E-state index in [-0.39, 0.29) is 11.9 Å². The Morgan fingerprint density at radius 3 is 2.62 bits per heavy atom. The fourth-order valence-corrected chi connectivity index (χ4v) is 3.27. The molecule has 0 bridgehead atoms. The summed E-state index contributed by atoms with van der Waals surface area (Å²) in [5, 5.41) is 3.02. The van der Waals surface area contributed by atoms with Gasteiger partial charge in [-0.15, -0.1) is 0 Å². The number of hydrogen-bond donors (Lipinski definition) is 1. The lowest BCUT2D eigenvalue weighted by Crippen LogP contribution is -2.29. The number of nitrogens with zero attached hydrogens (tertiary/aromatic N) is 2. The van der Waals surface area contributed by atoms with E-state index < -0.39 is 0 Å². The summed E-state index contributed by atoms with van der Waals surface area (Å²) in [4.78, 5) is 15.9. The summed E-state index contributed by atoms with van der Waals surface area (Å²) in [6, 6.07) is 4.61. The van der Waals surface area contributed by atoms with E-state index >= 15 is 0 Å². The molecule has 1 N–H and O–H groups in total. The van der Waals surface area contributed by atoms with Gasteiger partial charge in [-0.1, -0.05) is 17.7 Å². The van der Waals surface area contributed by atoms with Gasteiger partial charge >= 0.3 is 0 Å². The third-order valence-electron chi connectivity index (χ3n) is 4.12.